The van der Waals surface area contributed by atoms with Gasteiger partial charge in [0.1, 0.15) is 0 Å². The molecule has 0 aromatic heterocycles. The molecule has 0 spiro atoms. The average Bonchev–Trinajstić information content (AvgIpc) is 2.39. The van der Waals surface area contributed by atoms with E-state index in [4.69, 9.17) is 11.5 Å². The fraction of sp³-hybridized carbons (Fsp3) is 1.00. The van der Waals surface area contributed by atoms with Crippen molar-refractivity contribution in [3.8, 4) is 0 Å². The van der Waals surface area contributed by atoms with Gasteiger partial charge in [0.05, 0.1) is 0 Å². The molecule has 0 bridgehead atoms. The molecule has 10 heavy (non-hydrogen) atoms. The highest BCUT2D eigenvalue weighted by Crippen LogP contribution is 2.22. The van der Waals surface area contributed by atoms with Crippen molar-refractivity contribution in [2.75, 3.05) is 6.54 Å². The maximum Gasteiger partial charge on any atom is 0.00792 e. The van der Waals surface area contributed by atoms with Crippen LogP contribution in [0.2, 0.25) is 0 Å². The second-order valence-corrected chi connectivity index (χ2v) is 2.59. The number of hydrogen-bond donors (Lipinski definition) is 2. The topological polar surface area (TPSA) is 52.0 Å². The van der Waals surface area contributed by atoms with Crippen LogP contribution in [0, 0.1) is 5.92 Å². The Bertz CT molecular complexity index is 73.7. The molecule has 2 heteroatoms. The fourth-order valence-corrected chi connectivity index (χ4v) is 1.36. The highest BCUT2D eigenvalue weighted by molar-refractivity contribution is 4.80. The maximum absolute atomic E-state index is 5.71. The lowest BCUT2D eigenvalue weighted by Crippen LogP contribution is -2.29. The van der Waals surface area contributed by atoms with Crippen molar-refractivity contribution >= 4 is 0 Å². The van der Waals surface area contributed by atoms with E-state index >= 15 is 0 Å². The van der Waals surface area contributed by atoms with Crippen molar-refractivity contribution < 1.29 is 0 Å². The van der Waals surface area contributed by atoms with Crippen LogP contribution < -0.4 is 11.5 Å². The molecular formula is C8H20N2. The van der Waals surface area contributed by atoms with E-state index in [-0.39, 0.29) is 0 Å². The Hall–Kier alpha value is -0.0800. The van der Waals surface area contributed by atoms with Crippen molar-refractivity contribution in [1.82, 2.24) is 0 Å². The molecule has 0 radical (unpaired) electrons. The largest absolute Gasteiger partial charge is 0.330 e. The van der Waals surface area contributed by atoms with Crippen LogP contribution in [0.25, 0.3) is 0 Å². The predicted molar refractivity (Wildman–Crippen MR) is 45.7 cm³/mol. The van der Waals surface area contributed by atoms with Gasteiger partial charge in [-0.25, -0.2) is 0 Å². The smallest absolute Gasteiger partial charge is 0.00792 e. The molecule has 0 heterocycles. The van der Waals surface area contributed by atoms with Crippen LogP contribution in [0.3, 0.4) is 0 Å². The van der Waals surface area contributed by atoms with E-state index in [1.54, 1.807) is 0 Å². The lowest BCUT2D eigenvalue weighted by molar-refractivity contribution is 0.492. The predicted octanol–water partition coefficient (Wildman–Crippen LogP) is 1.10. The second-order valence-electron chi connectivity index (χ2n) is 2.59. The van der Waals surface area contributed by atoms with Crippen LogP contribution in [-0.2, 0) is 0 Å². The van der Waals surface area contributed by atoms with E-state index in [0.717, 1.165) is 6.54 Å². The Morgan fingerprint density at radius 1 is 1.30 bits per heavy atom. The highest BCUT2D eigenvalue weighted by Gasteiger charge is 2.21. The van der Waals surface area contributed by atoms with E-state index in [1.165, 1.54) is 19.3 Å². The maximum atomic E-state index is 5.71. The summed E-state index contributed by atoms with van der Waals surface area (Å²) in [5.74, 6) is 0.620. The Balaban J connectivity index is 0.000000371. The molecule has 0 aliphatic heterocycles. The van der Waals surface area contributed by atoms with Crippen molar-refractivity contribution in [1.29, 1.82) is 0 Å². The van der Waals surface area contributed by atoms with Crippen molar-refractivity contribution in [3.63, 3.8) is 0 Å². The standard InChI is InChI=1S/C6H14N2.C2H6/c7-4-5-2-1-3-6(5)8;1-2/h5-6H,1-4,7-8H2;1-2H3. The molecule has 0 aromatic rings. The normalized spacial score (nSPS) is 31.2. The Morgan fingerprint density at radius 3 is 2.10 bits per heavy atom. The monoisotopic (exact) mass is 144 g/mol. The number of rotatable bonds is 1. The van der Waals surface area contributed by atoms with Crippen LogP contribution in [-0.4, -0.2) is 12.6 Å². The molecule has 2 atom stereocenters. The molecule has 1 fully saturated rings. The van der Waals surface area contributed by atoms with Gasteiger partial charge in [0, 0.05) is 6.04 Å². The zero-order valence-electron chi connectivity index (χ0n) is 7.14. The summed E-state index contributed by atoms with van der Waals surface area (Å²) in [6.45, 7) is 4.78. The summed E-state index contributed by atoms with van der Waals surface area (Å²) in [6, 6.07) is 0.403. The lowest BCUT2D eigenvalue weighted by Gasteiger charge is -2.10. The summed E-state index contributed by atoms with van der Waals surface area (Å²) in [7, 11) is 0. The molecule has 4 N–H and O–H groups in total. The van der Waals surface area contributed by atoms with Crippen LogP contribution in [0.15, 0.2) is 0 Å². The Kier molecular flexibility index (Phi) is 5.64. The molecule has 0 aromatic carbocycles. The average molecular weight is 144 g/mol. The zero-order valence-corrected chi connectivity index (χ0v) is 7.14. The molecule has 2 nitrogen and oxygen atoms in total. The highest BCUT2D eigenvalue weighted by atomic mass is 14.7. The van der Waals surface area contributed by atoms with E-state index in [2.05, 4.69) is 0 Å². The van der Waals surface area contributed by atoms with E-state index in [9.17, 15) is 0 Å². The van der Waals surface area contributed by atoms with Gasteiger partial charge in [-0.2, -0.15) is 0 Å². The third-order valence-corrected chi connectivity index (χ3v) is 2.02. The molecule has 0 amide bonds. The first kappa shape index (κ1) is 9.92. The van der Waals surface area contributed by atoms with Crippen LogP contribution in [0.1, 0.15) is 33.1 Å². The van der Waals surface area contributed by atoms with Gasteiger partial charge in [-0.3, -0.25) is 0 Å². The van der Waals surface area contributed by atoms with Gasteiger partial charge in [0.25, 0.3) is 0 Å². The first-order valence-corrected chi connectivity index (χ1v) is 4.30. The molecule has 1 aliphatic rings. The Labute approximate surface area is 64.0 Å². The SMILES string of the molecule is CC.NCC1CCCC1N. The van der Waals surface area contributed by atoms with Crippen LogP contribution in [0.4, 0.5) is 0 Å². The summed E-state index contributed by atoms with van der Waals surface area (Å²) in [5.41, 5.74) is 11.2. The summed E-state index contributed by atoms with van der Waals surface area (Å²) >= 11 is 0. The van der Waals surface area contributed by atoms with Crippen LogP contribution >= 0.6 is 0 Å². The van der Waals surface area contributed by atoms with Gasteiger partial charge >= 0.3 is 0 Å². The molecule has 0 saturated heterocycles. The second kappa shape index (κ2) is 5.69. The van der Waals surface area contributed by atoms with Gasteiger partial charge in [-0.15, -0.1) is 0 Å². The van der Waals surface area contributed by atoms with Crippen molar-refractivity contribution in [2.24, 2.45) is 17.4 Å². The molecule has 2 unspecified atom stereocenters. The number of nitrogens with two attached hydrogens (primary N) is 2. The Morgan fingerprint density at radius 2 is 1.90 bits per heavy atom. The quantitative estimate of drug-likeness (QED) is 0.579. The van der Waals surface area contributed by atoms with Gasteiger partial charge in [0.2, 0.25) is 0 Å². The summed E-state index contributed by atoms with van der Waals surface area (Å²) in [5, 5.41) is 0. The summed E-state index contributed by atoms with van der Waals surface area (Å²) in [6.07, 6.45) is 3.71. The molecule has 62 valence electrons. The minimum absolute atomic E-state index is 0.403. The van der Waals surface area contributed by atoms with E-state index in [1.807, 2.05) is 13.8 Å². The fourth-order valence-electron chi connectivity index (χ4n) is 1.36. The molecule has 1 rings (SSSR count). The number of hydrogen-bond acceptors (Lipinski definition) is 2. The van der Waals surface area contributed by atoms with E-state index < -0.39 is 0 Å². The lowest BCUT2D eigenvalue weighted by atomic mass is 10.1. The van der Waals surface area contributed by atoms with Gasteiger partial charge in [0.15, 0.2) is 0 Å². The molecular weight excluding hydrogens is 124 g/mol. The van der Waals surface area contributed by atoms with Gasteiger partial charge in [-0.05, 0) is 25.3 Å². The van der Waals surface area contributed by atoms with Crippen molar-refractivity contribution in [2.45, 2.75) is 39.2 Å². The summed E-state index contributed by atoms with van der Waals surface area (Å²) < 4.78 is 0. The first-order valence-electron chi connectivity index (χ1n) is 4.30. The summed E-state index contributed by atoms with van der Waals surface area (Å²) in [4.78, 5) is 0. The van der Waals surface area contributed by atoms with Crippen LogP contribution in [0.5, 0.6) is 0 Å². The van der Waals surface area contributed by atoms with Crippen molar-refractivity contribution in [3.05, 3.63) is 0 Å². The molecule has 1 aliphatic carbocycles. The zero-order chi connectivity index (χ0) is 7.98. The van der Waals surface area contributed by atoms with Gasteiger partial charge < -0.3 is 11.5 Å². The minimum Gasteiger partial charge on any atom is -0.330 e. The minimum atomic E-state index is 0.403. The van der Waals surface area contributed by atoms with E-state index in [0.29, 0.717) is 12.0 Å². The van der Waals surface area contributed by atoms with Gasteiger partial charge in [-0.1, -0.05) is 20.3 Å². The third-order valence-electron chi connectivity index (χ3n) is 2.02. The third kappa shape index (κ3) is 2.67. The molecule has 1 saturated carbocycles. The first-order chi connectivity index (χ1) is 4.84.